The molecule has 0 aliphatic carbocycles. The molecule has 2 heterocycles. The Morgan fingerprint density at radius 1 is 1.33 bits per heavy atom. The number of amides is 1. The van der Waals surface area contributed by atoms with Gasteiger partial charge in [-0.2, -0.15) is 5.10 Å². The van der Waals surface area contributed by atoms with Gasteiger partial charge < -0.3 is 9.64 Å². The summed E-state index contributed by atoms with van der Waals surface area (Å²) < 4.78 is 8.31. The molecule has 6 nitrogen and oxygen atoms in total. The Hall–Kier alpha value is -1.08. The van der Waals surface area contributed by atoms with Crippen molar-refractivity contribution in [2.45, 2.75) is 32.9 Å². The molecule has 0 aromatic carbocycles. The summed E-state index contributed by atoms with van der Waals surface area (Å²) in [5, 5.41) is 4.22. The molecule has 21 heavy (non-hydrogen) atoms. The Labute approximate surface area is 134 Å². The highest BCUT2D eigenvalue weighted by Gasteiger charge is 2.26. The summed E-state index contributed by atoms with van der Waals surface area (Å²) in [5.74, 6) is 0. The molecule has 1 saturated heterocycles. The van der Waals surface area contributed by atoms with Gasteiger partial charge in [-0.05, 0) is 36.7 Å². The molecule has 1 amide bonds. The SMILES string of the molecule is Cn1ncc(Br)c1CN1CCN(C(=O)OC(C)(C)C)CC1. The molecular formula is C14H23BrN4O2. The van der Waals surface area contributed by atoms with Gasteiger partial charge in [0.05, 0.1) is 16.4 Å². The molecule has 0 unspecified atom stereocenters. The van der Waals surface area contributed by atoms with Crippen LogP contribution in [0, 0.1) is 0 Å². The van der Waals surface area contributed by atoms with E-state index in [9.17, 15) is 4.79 Å². The van der Waals surface area contributed by atoms with Crippen molar-refractivity contribution < 1.29 is 9.53 Å². The predicted molar refractivity (Wildman–Crippen MR) is 84.0 cm³/mol. The summed E-state index contributed by atoms with van der Waals surface area (Å²) in [4.78, 5) is 16.1. The van der Waals surface area contributed by atoms with Crippen molar-refractivity contribution in [1.82, 2.24) is 19.6 Å². The van der Waals surface area contributed by atoms with E-state index in [-0.39, 0.29) is 6.09 Å². The maximum Gasteiger partial charge on any atom is 0.410 e. The molecule has 1 aromatic rings. The average Bonchev–Trinajstić information content (AvgIpc) is 2.69. The van der Waals surface area contributed by atoms with Crippen molar-refractivity contribution in [2.75, 3.05) is 26.2 Å². The molecule has 1 aliphatic rings. The molecule has 0 spiro atoms. The summed E-state index contributed by atoms with van der Waals surface area (Å²) in [7, 11) is 1.94. The Balaban J connectivity index is 1.85. The van der Waals surface area contributed by atoms with Crippen LogP contribution in [-0.2, 0) is 18.3 Å². The Morgan fingerprint density at radius 2 is 1.95 bits per heavy atom. The summed E-state index contributed by atoms with van der Waals surface area (Å²) >= 11 is 3.52. The quantitative estimate of drug-likeness (QED) is 0.813. The van der Waals surface area contributed by atoms with E-state index in [1.54, 1.807) is 4.90 Å². The summed E-state index contributed by atoms with van der Waals surface area (Å²) in [6.07, 6.45) is 1.59. The number of aryl methyl sites for hydroxylation is 1. The minimum absolute atomic E-state index is 0.219. The Kier molecular flexibility index (Phi) is 4.93. The topological polar surface area (TPSA) is 50.6 Å². The van der Waals surface area contributed by atoms with E-state index in [4.69, 9.17) is 4.74 Å². The van der Waals surface area contributed by atoms with Crippen LogP contribution in [0.2, 0.25) is 0 Å². The molecule has 0 N–H and O–H groups in total. The first kappa shape index (κ1) is 16.3. The number of carbonyl (C=O) groups excluding carboxylic acids is 1. The van der Waals surface area contributed by atoms with Crippen molar-refractivity contribution in [2.24, 2.45) is 7.05 Å². The van der Waals surface area contributed by atoms with E-state index in [0.29, 0.717) is 13.1 Å². The second-order valence-electron chi connectivity index (χ2n) is 6.31. The van der Waals surface area contributed by atoms with Crippen LogP contribution in [0.1, 0.15) is 26.5 Å². The Morgan fingerprint density at radius 3 is 2.43 bits per heavy atom. The van der Waals surface area contributed by atoms with Gasteiger partial charge in [0.15, 0.2) is 0 Å². The van der Waals surface area contributed by atoms with Crippen molar-refractivity contribution in [3.05, 3.63) is 16.4 Å². The number of rotatable bonds is 2. The third kappa shape index (κ3) is 4.44. The van der Waals surface area contributed by atoms with Crippen molar-refractivity contribution in [3.8, 4) is 0 Å². The van der Waals surface area contributed by atoms with Crippen LogP contribution in [0.15, 0.2) is 10.7 Å². The first-order valence-electron chi connectivity index (χ1n) is 7.13. The van der Waals surface area contributed by atoms with Gasteiger partial charge in [-0.3, -0.25) is 9.58 Å². The number of piperazine rings is 1. The zero-order valence-corrected chi connectivity index (χ0v) is 14.7. The fourth-order valence-electron chi connectivity index (χ4n) is 2.24. The lowest BCUT2D eigenvalue weighted by Gasteiger charge is -2.35. The number of hydrogen-bond acceptors (Lipinski definition) is 4. The maximum absolute atomic E-state index is 12.0. The van der Waals surface area contributed by atoms with E-state index >= 15 is 0 Å². The number of ether oxygens (including phenoxy) is 1. The number of hydrogen-bond donors (Lipinski definition) is 0. The second-order valence-corrected chi connectivity index (χ2v) is 7.16. The molecule has 0 atom stereocenters. The minimum atomic E-state index is -0.437. The van der Waals surface area contributed by atoms with Gasteiger partial charge in [-0.25, -0.2) is 4.79 Å². The lowest BCUT2D eigenvalue weighted by atomic mass is 10.2. The van der Waals surface area contributed by atoms with Crippen molar-refractivity contribution in [3.63, 3.8) is 0 Å². The molecule has 2 rings (SSSR count). The molecule has 0 bridgehead atoms. The van der Waals surface area contributed by atoms with E-state index in [0.717, 1.165) is 29.8 Å². The zero-order chi connectivity index (χ0) is 15.6. The molecule has 0 saturated carbocycles. The lowest BCUT2D eigenvalue weighted by molar-refractivity contribution is 0.0137. The fourth-order valence-corrected chi connectivity index (χ4v) is 2.71. The minimum Gasteiger partial charge on any atom is -0.444 e. The summed E-state index contributed by atoms with van der Waals surface area (Å²) in [6.45, 7) is 9.59. The van der Waals surface area contributed by atoms with Crippen LogP contribution in [0.5, 0.6) is 0 Å². The van der Waals surface area contributed by atoms with Gasteiger partial charge in [0.1, 0.15) is 5.60 Å². The number of carbonyl (C=O) groups is 1. The largest absolute Gasteiger partial charge is 0.444 e. The van der Waals surface area contributed by atoms with Crippen LogP contribution < -0.4 is 0 Å². The highest BCUT2D eigenvalue weighted by atomic mass is 79.9. The molecule has 1 aromatic heterocycles. The highest BCUT2D eigenvalue weighted by Crippen LogP contribution is 2.18. The molecule has 7 heteroatoms. The molecule has 1 aliphatic heterocycles. The van der Waals surface area contributed by atoms with Crippen molar-refractivity contribution in [1.29, 1.82) is 0 Å². The van der Waals surface area contributed by atoms with Gasteiger partial charge in [0, 0.05) is 39.8 Å². The van der Waals surface area contributed by atoms with Gasteiger partial charge in [0.2, 0.25) is 0 Å². The number of aromatic nitrogens is 2. The van der Waals surface area contributed by atoms with E-state index in [2.05, 4.69) is 25.9 Å². The van der Waals surface area contributed by atoms with Crippen LogP contribution in [0.3, 0.4) is 0 Å². The van der Waals surface area contributed by atoms with Crippen LogP contribution in [-0.4, -0.2) is 57.5 Å². The van der Waals surface area contributed by atoms with E-state index in [1.165, 1.54) is 0 Å². The smallest absolute Gasteiger partial charge is 0.410 e. The van der Waals surface area contributed by atoms with Crippen LogP contribution in [0.25, 0.3) is 0 Å². The van der Waals surface area contributed by atoms with Gasteiger partial charge in [0.25, 0.3) is 0 Å². The molecule has 0 radical (unpaired) electrons. The van der Waals surface area contributed by atoms with E-state index < -0.39 is 5.60 Å². The standard InChI is InChI=1S/C14H23BrN4O2/c1-14(2,3)21-13(20)19-7-5-18(6-8-19)10-12-11(15)9-16-17(12)4/h9H,5-8,10H2,1-4H3. The number of halogens is 1. The normalized spacial score (nSPS) is 17.1. The first-order chi connectivity index (χ1) is 9.76. The van der Waals surface area contributed by atoms with Gasteiger partial charge in [-0.15, -0.1) is 0 Å². The summed E-state index contributed by atoms with van der Waals surface area (Å²) in [6, 6.07) is 0. The average molecular weight is 359 g/mol. The van der Waals surface area contributed by atoms with Crippen molar-refractivity contribution >= 4 is 22.0 Å². The zero-order valence-electron chi connectivity index (χ0n) is 13.1. The Bertz CT molecular complexity index is 482. The lowest BCUT2D eigenvalue weighted by Crippen LogP contribution is -2.49. The highest BCUT2D eigenvalue weighted by molar-refractivity contribution is 9.10. The van der Waals surface area contributed by atoms with Crippen LogP contribution >= 0.6 is 15.9 Å². The molecule has 1 fully saturated rings. The number of nitrogens with zero attached hydrogens (tertiary/aromatic N) is 4. The molecule has 118 valence electrons. The first-order valence-corrected chi connectivity index (χ1v) is 7.92. The second kappa shape index (κ2) is 6.36. The summed E-state index contributed by atoms with van der Waals surface area (Å²) in [5.41, 5.74) is 0.717. The predicted octanol–water partition coefficient (Wildman–Crippen LogP) is 2.24. The fraction of sp³-hybridized carbons (Fsp3) is 0.714. The third-order valence-electron chi connectivity index (χ3n) is 3.41. The van der Waals surface area contributed by atoms with Gasteiger partial charge >= 0.3 is 6.09 Å². The van der Waals surface area contributed by atoms with Gasteiger partial charge in [-0.1, -0.05) is 0 Å². The monoisotopic (exact) mass is 358 g/mol. The van der Waals surface area contributed by atoms with E-state index in [1.807, 2.05) is 38.7 Å². The van der Waals surface area contributed by atoms with Crippen LogP contribution in [0.4, 0.5) is 4.79 Å². The molecular weight excluding hydrogens is 336 g/mol. The maximum atomic E-state index is 12.0. The third-order valence-corrected chi connectivity index (χ3v) is 4.07.